The highest BCUT2D eigenvalue weighted by Crippen LogP contribution is 2.19. The zero-order chi connectivity index (χ0) is 21.5. The second kappa shape index (κ2) is 10.3. The molecule has 0 saturated carbocycles. The van der Waals surface area contributed by atoms with Crippen LogP contribution < -0.4 is 10.6 Å². The predicted octanol–water partition coefficient (Wildman–Crippen LogP) is 4.62. The van der Waals surface area contributed by atoms with Crippen molar-refractivity contribution >= 4 is 23.2 Å². The Balaban J connectivity index is 1.23. The fourth-order valence-corrected chi connectivity index (χ4v) is 4.18. The summed E-state index contributed by atoms with van der Waals surface area (Å²) >= 11 is 5.39. The molecule has 0 bridgehead atoms. The molecule has 158 valence electrons. The third-order valence-corrected chi connectivity index (χ3v) is 5.87. The maximum absolute atomic E-state index is 12.6. The van der Waals surface area contributed by atoms with Crippen LogP contribution in [0.2, 0.25) is 0 Å². The van der Waals surface area contributed by atoms with Crippen molar-refractivity contribution < 1.29 is 4.79 Å². The summed E-state index contributed by atoms with van der Waals surface area (Å²) in [6, 6.07) is 28.6. The molecule has 1 aliphatic rings. The zero-order valence-electron chi connectivity index (χ0n) is 17.5. The first kappa shape index (κ1) is 21.2. The molecule has 0 spiro atoms. The number of hydrogen-bond donors (Lipinski definition) is 2. The zero-order valence-corrected chi connectivity index (χ0v) is 18.3. The average molecular weight is 430 g/mol. The van der Waals surface area contributed by atoms with Crippen LogP contribution in [0.3, 0.4) is 0 Å². The van der Waals surface area contributed by atoms with E-state index in [0.29, 0.717) is 16.7 Å². The van der Waals surface area contributed by atoms with Crippen LogP contribution in [0.5, 0.6) is 0 Å². The van der Waals surface area contributed by atoms with Crippen molar-refractivity contribution in [2.45, 2.75) is 25.4 Å². The Hall–Kier alpha value is -3.02. The van der Waals surface area contributed by atoms with E-state index in [-0.39, 0.29) is 5.91 Å². The van der Waals surface area contributed by atoms with E-state index in [1.807, 2.05) is 48.5 Å². The van der Waals surface area contributed by atoms with Gasteiger partial charge in [-0.3, -0.25) is 15.0 Å². The molecule has 1 heterocycles. The molecule has 31 heavy (non-hydrogen) atoms. The van der Waals surface area contributed by atoms with Gasteiger partial charge >= 0.3 is 0 Å². The Bertz CT molecular complexity index is 998. The number of thiocarbonyl (C=S) groups is 1. The normalized spacial score (nSPS) is 14.7. The summed E-state index contributed by atoms with van der Waals surface area (Å²) in [4.78, 5) is 15.0. The largest absolute Gasteiger partial charge is 0.360 e. The maximum Gasteiger partial charge on any atom is 0.257 e. The van der Waals surface area contributed by atoms with Gasteiger partial charge in [-0.05, 0) is 53.9 Å². The first-order valence-electron chi connectivity index (χ1n) is 10.7. The van der Waals surface area contributed by atoms with Gasteiger partial charge in [0.25, 0.3) is 5.91 Å². The lowest BCUT2D eigenvalue weighted by molar-refractivity contribution is 0.0976. The lowest BCUT2D eigenvalue weighted by Gasteiger charge is -2.32. The Morgan fingerprint density at radius 2 is 1.42 bits per heavy atom. The van der Waals surface area contributed by atoms with Crippen molar-refractivity contribution in [1.82, 2.24) is 15.5 Å². The van der Waals surface area contributed by atoms with Gasteiger partial charge in [-0.25, -0.2) is 0 Å². The Labute approximate surface area is 189 Å². The van der Waals surface area contributed by atoms with Gasteiger partial charge in [-0.2, -0.15) is 0 Å². The number of likely N-dealkylation sites (tertiary alicyclic amines) is 1. The lowest BCUT2D eigenvalue weighted by atomic mass is 10.0. The Morgan fingerprint density at radius 3 is 2.06 bits per heavy atom. The number of piperidine rings is 1. The molecule has 0 unspecified atom stereocenters. The second-order valence-corrected chi connectivity index (χ2v) is 8.32. The van der Waals surface area contributed by atoms with E-state index in [2.05, 4.69) is 51.9 Å². The van der Waals surface area contributed by atoms with Crippen LogP contribution in [0.1, 0.15) is 28.8 Å². The number of nitrogens with zero attached hydrogens (tertiary/aromatic N) is 1. The number of nitrogens with one attached hydrogen (secondary N) is 2. The summed E-state index contributed by atoms with van der Waals surface area (Å²) in [6.07, 6.45) is 2.02. The summed E-state index contributed by atoms with van der Waals surface area (Å²) in [5, 5.41) is 6.54. The first-order chi connectivity index (χ1) is 15.2. The smallest absolute Gasteiger partial charge is 0.257 e. The summed E-state index contributed by atoms with van der Waals surface area (Å²) in [6.45, 7) is 3.02. The first-order valence-corrected chi connectivity index (χ1v) is 11.1. The molecule has 2 N–H and O–H groups in total. The number of carbonyl (C=O) groups is 1. The van der Waals surface area contributed by atoms with Crippen LogP contribution >= 0.6 is 12.2 Å². The lowest BCUT2D eigenvalue weighted by Crippen LogP contribution is -2.48. The van der Waals surface area contributed by atoms with Gasteiger partial charge < -0.3 is 5.32 Å². The van der Waals surface area contributed by atoms with Crippen molar-refractivity contribution in [3.8, 4) is 11.1 Å². The quantitative estimate of drug-likeness (QED) is 0.581. The highest BCUT2D eigenvalue weighted by atomic mass is 32.1. The van der Waals surface area contributed by atoms with Crippen LogP contribution in [0, 0.1) is 0 Å². The molecule has 1 saturated heterocycles. The van der Waals surface area contributed by atoms with Crippen LogP contribution in [-0.4, -0.2) is 35.1 Å². The van der Waals surface area contributed by atoms with Crippen LogP contribution in [-0.2, 0) is 6.54 Å². The summed E-state index contributed by atoms with van der Waals surface area (Å²) in [7, 11) is 0. The molecule has 0 aliphatic carbocycles. The molecular weight excluding hydrogens is 402 g/mol. The fraction of sp³-hybridized carbons (Fsp3) is 0.231. The van der Waals surface area contributed by atoms with Crippen molar-refractivity contribution in [2.24, 2.45) is 0 Å². The molecule has 4 nitrogen and oxygen atoms in total. The van der Waals surface area contributed by atoms with Crippen LogP contribution in [0.15, 0.2) is 84.9 Å². The van der Waals surface area contributed by atoms with Gasteiger partial charge in [-0.1, -0.05) is 72.8 Å². The third kappa shape index (κ3) is 6.00. The fourth-order valence-electron chi connectivity index (χ4n) is 3.92. The SMILES string of the molecule is O=C(NC(=S)NC1CCN(Cc2ccccc2)CC1)c1ccc(-c2ccccc2)cc1. The number of benzene rings is 3. The Morgan fingerprint density at radius 1 is 0.839 bits per heavy atom. The highest BCUT2D eigenvalue weighted by molar-refractivity contribution is 7.80. The summed E-state index contributed by atoms with van der Waals surface area (Å²) in [5.41, 5.74) is 4.15. The summed E-state index contributed by atoms with van der Waals surface area (Å²) in [5.74, 6) is -0.182. The minimum Gasteiger partial charge on any atom is -0.360 e. The number of hydrogen-bond acceptors (Lipinski definition) is 3. The molecule has 5 heteroatoms. The monoisotopic (exact) mass is 429 g/mol. The molecule has 3 aromatic rings. The van der Waals surface area contributed by atoms with Crippen molar-refractivity contribution in [1.29, 1.82) is 0 Å². The average Bonchev–Trinajstić information content (AvgIpc) is 2.82. The van der Waals surface area contributed by atoms with E-state index in [9.17, 15) is 4.79 Å². The molecule has 4 rings (SSSR count). The predicted molar refractivity (Wildman–Crippen MR) is 130 cm³/mol. The highest BCUT2D eigenvalue weighted by Gasteiger charge is 2.20. The molecule has 3 aromatic carbocycles. The molecule has 1 aliphatic heterocycles. The van der Waals surface area contributed by atoms with E-state index in [1.165, 1.54) is 5.56 Å². The second-order valence-electron chi connectivity index (χ2n) is 7.91. The third-order valence-electron chi connectivity index (χ3n) is 5.65. The molecule has 0 radical (unpaired) electrons. The topological polar surface area (TPSA) is 44.4 Å². The number of amides is 1. The van der Waals surface area contributed by atoms with Crippen LogP contribution in [0.4, 0.5) is 0 Å². The van der Waals surface area contributed by atoms with Gasteiger partial charge in [0, 0.05) is 31.2 Å². The van der Waals surface area contributed by atoms with Gasteiger partial charge in [0.05, 0.1) is 0 Å². The van der Waals surface area contributed by atoms with E-state index in [4.69, 9.17) is 12.2 Å². The van der Waals surface area contributed by atoms with E-state index in [1.54, 1.807) is 0 Å². The van der Waals surface area contributed by atoms with Crippen LogP contribution in [0.25, 0.3) is 11.1 Å². The molecule has 1 amide bonds. The van der Waals surface area contributed by atoms with E-state index in [0.717, 1.165) is 43.6 Å². The number of rotatable bonds is 5. The van der Waals surface area contributed by atoms with E-state index >= 15 is 0 Å². The van der Waals surface area contributed by atoms with Gasteiger partial charge in [-0.15, -0.1) is 0 Å². The van der Waals surface area contributed by atoms with E-state index < -0.39 is 0 Å². The molecule has 0 atom stereocenters. The maximum atomic E-state index is 12.6. The van der Waals surface area contributed by atoms with Crippen molar-refractivity contribution in [3.63, 3.8) is 0 Å². The Kier molecular flexibility index (Phi) is 7.07. The van der Waals surface area contributed by atoms with Gasteiger partial charge in [0.15, 0.2) is 5.11 Å². The molecule has 0 aromatic heterocycles. The van der Waals surface area contributed by atoms with Gasteiger partial charge in [0.2, 0.25) is 0 Å². The molecular formula is C26H27N3OS. The molecule has 1 fully saturated rings. The minimum absolute atomic E-state index is 0.182. The van der Waals surface area contributed by atoms with Crippen molar-refractivity contribution in [2.75, 3.05) is 13.1 Å². The number of carbonyl (C=O) groups excluding carboxylic acids is 1. The van der Waals surface area contributed by atoms with Gasteiger partial charge in [0.1, 0.15) is 0 Å². The van der Waals surface area contributed by atoms with Crippen molar-refractivity contribution in [3.05, 3.63) is 96.1 Å². The minimum atomic E-state index is -0.182. The standard InChI is InChI=1S/C26H27N3OS/c30-25(23-13-11-22(12-14-23)21-9-5-2-6-10-21)28-26(31)27-24-15-17-29(18-16-24)19-20-7-3-1-4-8-20/h1-14,24H,15-19H2,(H2,27,28,30,31). The summed E-state index contributed by atoms with van der Waals surface area (Å²) < 4.78 is 0.